The fourth-order valence-electron chi connectivity index (χ4n) is 4.03. The average Bonchev–Trinajstić information content (AvgIpc) is 2.63. The number of aliphatic hydroxyl groups excluding tert-OH is 1. The number of likely N-dealkylation sites (tertiary alicyclic amines) is 1. The van der Waals surface area contributed by atoms with Crippen molar-refractivity contribution in [1.29, 1.82) is 0 Å². The minimum Gasteiger partial charge on any atom is -0.492 e. The molecule has 3 rings (SSSR count). The highest BCUT2D eigenvalue weighted by Crippen LogP contribution is 2.37. The molecule has 1 heterocycles. The SMILES string of the molecule is CCOc1c(Cl)cc(CN2CCC[C@@](C)(NCCO)C2)c2ccccc12. The van der Waals surface area contributed by atoms with Crippen LogP contribution in [0, 0.1) is 0 Å². The van der Waals surface area contributed by atoms with Crippen molar-refractivity contribution in [1.82, 2.24) is 10.2 Å². The van der Waals surface area contributed by atoms with Gasteiger partial charge in [-0.2, -0.15) is 0 Å². The summed E-state index contributed by atoms with van der Waals surface area (Å²) < 4.78 is 5.79. The quantitative estimate of drug-likeness (QED) is 0.770. The second-order valence-electron chi connectivity index (χ2n) is 7.35. The van der Waals surface area contributed by atoms with Gasteiger partial charge in [0.2, 0.25) is 0 Å². The smallest absolute Gasteiger partial charge is 0.145 e. The van der Waals surface area contributed by atoms with Crippen molar-refractivity contribution in [3.05, 3.63) is 40.9 Å². The first-order valence-corrected chi connectivity index (χ1v) is 9.85. The van der Waals surface area contributed by atoms with Crippen LogP contribution in [0.2, 0.25) is 5.02 Å². The van der Waals surface area contributed by atoms with Crippen molar-refractivity contribution in [2.45, 2.75) is 38.8 Å². The predicted molar refractivity (Wildman–Crippen MR) is 108 cm³/mol. The van der Waals surface area contributed by atoms with Crippen LogP contribution in [-0.4, -0.2) is 48.4 Å². The molecule has 2 N–H and O–H groups in total. The number of halogens is 1. The molecule has 1 aliphatic heterocycles. The Labute approximate surface area is 161 Å². The largest absolute Gasteiger partial charge is 0.492 e. The maximum Gasteiger partial charge on any atom is 0.145 e. The molecular weight excluding hydrogens is 348 g/mol. The minimum absolute atomic E-state index is 0.0475. The molecule has 0 amide bonds. The van der Waals surface area contributed by atoms with E-state index in [9.17, 15) is 0 Å². The lowest BCUT2D eigenvalue weighted by Gasteiger charge is -2.41. The van der Waals surface area contributed by atoms with E-state index in [0.717, 1.165) is 43.6 Å². The molecule has 0 spiro atoms. The molecule has 0 aromatic heterocycles. The molecule has 1 fully saturated rings. The summed E-state index contributed by atoms with van der Waals surface area (Å²) in [5.41, 5.74) is 1.28. The fraction of sp³-hybridized carbons (Fsp3) is 0.524. The number of hydrogen-bond donors (Lipinski definition) is 2. The Kier molecular flexibility index (Phi) is 6.41. The summed E-state index contributed by atoms with van der Waals surface area (Å²) >= 11 is 6.55. The van der Waals surface area contributed by atoms with E-state index in [1.807, 2.05) is 13.0 Å². The first kappa shape index (κ1) is 19.4. The Hall–Kier alpha value is -1.33. The van der Waals surface area contributed by atoms with Gasteiger partial charge in [0.05, 0.1) is 18.2 Å². The molecule has 2 aromatic rings. The Morgan fingerprint density at radius 1 is 1.31 bits per heavy atom. The number of hydrogen-bond acceptors (Lipinski definition) is 4. The third kappa shape index (κ3) is 4.32. The van der Waals surface area contributed by atoms with Gasteiger partial charge in [-0.15, -0.1) is 0 Å². The van der Waals surface area contributed by atoms with E-state index in [0.29, 0.717) is 18.2 Å². The molecule has 0 saturated carbocycles. The monoisotopic (exact) mass is 376 g/mol. The van der Waals surface area contributed by atoms with Gasteiger partial charge in [-0.1, -0.05) is 35.9 Å². The lowest BCUT2D eigenvalue weighted by molar-refractivity contribution is 0.121. The van der Waals surface area contributed by atoms with Crippen LogP contribution in [0.1, 0.15) is 32.3 Å². The normalized spacial score (nSPS) is 21.2. The zero-order chi connectivity index (χ0) is 18.6. The molecule has 5 heteroatoms. The molecule has 142 valence electrons. The summed E-state index contributed by atoms with van der Waals surface area (Å²) in [6.07, 6.45) is 2.28. The van der Waals surface area contributed by atoms with Crippen LogP contribution < -0.4 is 10.1 Å². The summed E-state index contributed by atoms with van der Waals surface area (Å²) in [7, 11) is 0. The Morgan fingerprint density at radius 2 is 2.08 bits per heavy atom. The average molecular weight is 377 g/mol. The van der Waals surface area contributed by atoms with Gasteiger partial charge in [-0.25, -0.2) is 0 Å². The van der Waals surface area contributed by atoms with Gasteiger partial charge >= 0.3 is 0 Å². The van der Waals surface area contributed by atoms with E-state index in [1.165, 1.54) is 10.9 Å². The van der Waals surface area contributed by atoms with Crippen molar-refractivity contribution in [2.24, 2.45) is 0 Å². The van der Waals surface area contributed by atoms with Crippen molar-refractivity contribution >= 4 is 22.4 Å². The van der Waals surface area contributed by atoms with E-state index in [1.54, 1.807) is 0 Å². The molecular formula is C21H29ClN2O2. The Balaban J connectivity index is 1.86. The highest BCUT2D eigenvalue weighted by atomic mass is 35.5. The van der Waals surface area contributed by atoms with Gasteiger partial charge in [-0.3, -0.25) is 4.90 Å². The molecule has 26 heavy (non-hydrogen) atoms. The summed E-state index contributed by atoms with van der Waals surface area (Å²) in [6, 6.07) is 10.4. The summed E-state index contributed by atoms with van der Waals surface area (Å²) in [4.78, 5) is 2.48. The van der Waals surface area contributed by atoms with Crippen LogP contribution >= 0.6 is 11.6 Å². The highest BCUT2D eigenvalue weighted by Gasteiger charge is 2.30. The number of nitrogens with one attached hydrogen (secondary N) is 1. The second kappa shape index (κ2) is 8.57. The van der Waals surface area contributed by atoms with Crippen molar-refractivity contribution in [3.8, 4) is 5.75 Å². The Bertz CT molecular complexity index is 752. The topological polar surface area (TPSA) is 44.7 Å². The van der Waals surface area contributed by atoms with Gasteiger partial charge < -0.3 is 15.2 Å². The number of nitrogens with zero attached hydrogens (tertiary/aromatic N) is 1. The van der Waals surface area contributed by atoms with Crippen LogP contribution in [0.3, 0.4) is 0 Å². The molecule has 1 saturated heterocycles. The maximum atomic E-state index is 9.13. The molecule has 1 aliphatic rings. The number of fused-ring (bicyclic) bond motifs is 1. The lowest BCUT2D eigenvalue weighted by Crippen LogP contribution is -2.55. The highest BCUT2D eigenvalue weighted by molar-refractivity contribution is 6.33. The zero-order valence-electron chi connectivity index (χ0n) is 15.7. The minimum atomic E-state index is 0.0475. The lowest BCUT2D eigenvalue weighted by atomic mass is 9.90. The van der Waals surface area contributed by atoms with Crippen LogP contribution in [0.5, 0.6) is 5.75 Å². The number of ether oxygens (including phenoxy) is 1. The van der Waals surface area contributed by atoms with Gasteiger partial charge in [0.1, 0.15) is 5.75 Å². The number of piperidine rings is 1. The van der Waals surface area contributed by atoms with Gasteiger partial charge in [-0.05, 0) is 50.2 Å². The molecule has 0 radical (unpaired) electrons. The van der Waals surface area contributed by atoms with Crippen LogP contribution in [0.4, 0.5) is 0 Å². The number of β-amino-alcohol motifs (C(OH)–C–C–N with tert-alkyl or cyclic N) is 1. The zero-order valence-corrected chi connectivity index (χ0v) is 16.5. The molecule has 2 aromatic carbocycles. The first-order valence-electron chi connectivity index (χ1n) is 9.47. The van der Waals surface area contributed by atoms with Gasteiger partial charge in [0, 0.05) is 30.6 Å². The molecule has 1 atom stereocenters. The summed E-state index contributed by atoms with van der Waals surface area (Å²) in [5.74, 6) is 0.779. The van der Waals surface area contributed by atoms with Crippen molar-refractivity contribution < 1.29 is 9.84 Å². The van der Waals surface area contributed by atoms with E-state index in [2.05, 4.69) is 41.4 Å². The first-order chi connectivity index (χ1) is 12.6. The van der Waals surface area contributed by atoms with Crippen LogP contribution in [0.15, 0.2) is 30.3 Å². The standard InChI is InChI=1S/C21H29ClN2O2/c1-3-26-20-18-8-5-4-7-17(18)16(13-19(20)22)14-24-11-6-9-21(2,15-24)23-10-12-25/h4-5,7-8,13,23,25H,3,6,9-12,14-15H2,1-2H3/t21-/m1/s1. The Morgan fingerprint density at radius 3 is 2.81 bits per heavy atom. The van der Waals surface area contributed by atoms with Crippen LogP contribution in [-0.2, 0) is 6.54 Å². The van der Waals surface area contributed by atoms with Crippen molar-refractivity contribution in [2.75, 3.05) is 32.8 Å². The fourth-order valence-corrected chi connectivity index (χ4v) is 4.32. The van der Waals surface area contributed by atoms with E-state index < -0.39 is 0 Å². The summed E-state index contributed by atoms with van der Waals surface area (Å²) in [5, 5.41) is 15.6. The number of benzene rings is 2. The number of aliphatic hydroxyl groups is 1. The van der Waals surface area contributed by atoms with Gasteiger partial charge in [0.15, 0.2) is 0 Å². The van der Waals surface area contributed by atoms with E-state index >= 15 is 0 Å². The number of rotatable bonds is 7. The summed E-state index contributed by atoms with van der Waals surface area (Å²) in [6.45, 7) is 8.55. The molecule has 0 bridgehead atoms. The van der Waals surface area contributed by atoms with Crippen LogP contribution in [0.25, 0.3) is 10.8 Å². The van der Waals surface area contributed by atoms with E-state index in [-0.39, 0.29) is 12.1 Å². The molecule has 0 aliphatic carbocycles. The molecule has 4 nitrogen and oxygen atoms in total. The predicted octanol–water partition coefficient (Wildman–Crippen LogP) is 3.83. The molecule has 0 unspecified atom stereocenters. The van der Waals surface area contributed by atoms with Gasteiger partial charge in [0.25, 0.3) is 0 Å². The van der Waals surface area contributed by atoms with Crippen molar-refractivity contribution in [3.63, 3.8) is 0 Å². The van der Waals surface area contributed by atoms with E-state index in [4.69, 9.17) is 21.4 Å². The maximum absolute atomic E-state index is 9.13. The third-order valence-corrected chi connectivity index (χ3v) is 5.44. The second-order valence-corrected chi connectivity index (χ2v) is 7.76. The third-order valence-electron chi connectivity index (χ3n) is 5.16.